The topological polar surface area (TPSA) is 121 Å². The minimum atomic E-state index is -0.817. The molecule has 0 bridgehead atoms. The van der Waals surface area contributed by atoms with Gasteiger partial charge in [0.15, 0.2) is 0 Å². The molecule has 0 spiro atoms. The lowest BCUT2D eigenvalue weighted by molar-refractivity contribution is -0.144. The Balaban J connectivity index is 1.52. The number of amides is 3. The van der Waals surface area contributed by atoms with E-state index in [2.05, 4.69) is 15.6 Å². The summed E-state index contributed by atoms with van der Waals surface area (Å²) in [6, 6.07) is 6.31. The first-order valence-electron chi connectivity index (χ1n) is 15.2. The van der Waals surface area contributed by atoms with Crippen molar-refractivity contribution in [2.75, 3.05) is 25.6 Å². The number of ether oxygens (including phenoxy) is 1. The predicted molar refractivity (Wildman–Crippen MR) is 171 cm³/mol. The van der Waals surface area contributed by atoms with Gasteiger partial charge in [-0.1, -0.05) is 64.3 Å². The highest BCUT2D eigenvalue weighted by Gasteiger charge is 2.44. The number of hydrogen-bond donors (Lipinski definition) is 3. The third kappa shape index (κ3) is 10.8. The molecule has 1 aromatic carbocycles. The second kappa shape index (κ2) is 17.1. The number of alkyl halides is 1. The van der Waals surface area contributed by atoms with Crippen LogP contribution in [0.3, 0.4) is 0 Å². The number of benzene rings is 1. The number of thiazole rings is 1. The van der Waals surface area contributed by atoms with Crippen molar-refractivity contribution < 1.29 is 24.2 Å². The van der Waals surface area contributed by atoms with E-state index in [4.69, 9.17) is 16.3 Å². The number of halogens is 1. The Morgan fingerprint density at radius 2 is 1.81 bits per heavy atom. The Labute approximate surface area is 264 Å². The van der Waals surface area contributed by atoms with Crippen LogP contribution < -0.4 is 10.6 Å². The van der Waals surface area contributed by atoms with Crippen LogP contribution in [0.4, 0.5) is 0 Å². The van der Waals surface area contributed by atoms with Crippen LogP contribution in [0.25, 0.3) is 10.4 Å². The minimum absolute atomic E-state index is 0.0525. The van der Waals surface area contributed by atoms with E-state index in [9.17, 15) is 19.5 Å². The summed E-state index contributed by atoms with van der Waals surface area (Å²) in [5, 5.41) is 16.3. The van der Waals surface area contributed by atoms with Gasteiger partial charge in [-0.25, -0.2) is 4.98 Å². The molecule has 1 aliphatic rings. The summed E-state index contributed by atoms with van der Waals surface area (Å²) in [6.07, 6.45) is 4.35. The summed E-state index contributed by atoms with van der Waals surface area (Å²) in [6.45, 7) is 9.27. The second-order valence-electron chi connectivity index (χ2n) is 12.3. The molecular weight excluding hydrogens is 588 g/mol. The van der Waals surface area contributed by atoms with Crippen molar-refractivity contribution in [3.05, 3.63) is 41.0 Å². The van der Waals surface area contributed by atoms with Gasteiger partial charge in [-0.05, 0) is 36.3 Å². The molecule has 2 unspecified atom stereocenters. The Morgan fingerprint density at radius 1 is 1.12 bits per heavy atom. The SMILES string of the molecule is Cc1ncsc1-c1ccc(CNC(=O)C2CC(O)CN2C(=O)[C@@H](NC(=O)CCCCCCCOCCCl)C(C)(C)C)cc1. The Hall–Kier alpha value is -2.53. The van der Waals surface area contributed by atoms with E-state index in [0.717, 1.165) is 53.8 Å². The summed E-state index contributed by atoms with van der Waals surface area (Å²) < 4.78 is 5.37. The molecule has 2 aromatic rings. The molecule has 3 atom stereocenters. The van der Waals surface area contributed by atoms with Crippen LogP contribution in [0.1, 0.15) is 77.0 Å². The molecule has 11 heteroatoms. The molecule has 3 N–H and O–H groups in total. The first-order valence-corrected chi connectivity index (χ1v) is 16.6. The largest absolute Gasteiger partial charge is 0.391 e. The smallest absolute Gasteiger partial charge is 0.246 e. The number of carbonyl (C=O) groups excluding carboxylic acids is 3. The highest BCUT2D eigenvalue weighted by molar-refractivity contribution is 7.13. The van der Waals surface area contributed by atoms with Gasteiger partial charge in [0.05, 0.1) is 28.8 Å². The number of unbranched alkanes of at least 4 members (excludes halogenated alkanes) is 4. The van der Waals surface area contributed by atoms with Gasteiger partial charge in [0, 0.05) is 38.4 Å². The van der Waals surface area contributed by atoms with Gasteiger partial charge in [-0.2, -0.15) is 0 Å². The van der Waals surface area contributed by atoms with Gasteiger partial charge in [0.1, 0.15) is 12.1 Å². The van der Waals surface area contributed by atoms with Crippen LogP contribution in [0, 0.1) is 12.3 Å². The number of aromatic nitrogens is 1. The molecule has 0 radical (unpaired) electrons. The normalized spacial score (nSPS) is 17.6. The maximum atomic E-state index is 13.8. The van der Waals surface area contributed by atoms with E-state index in [-0.39, 0.29) is 30.7 Å². The number of β-amino-alcohol motifs (C(OH)–C–C–N with tert-alkyl or cyclic N) is 1. The van der Waals surface area contributed by atoms with Crippen molar-refractivity contribution in [3.63, 3.8) is 0 Å². The van der Waals surface area contributed by atoms with E-state index in [1.165, 1.54) is 4.90 Å². The second-order valence-corrected chi connectivity index (χ2v) is 13.5. The van der Waals surface area contributed by atoms with Gasteiger partial charge in [-0.3, -0.25) is 14.4 Å². The van der Waals surface area contributed by atoms with E-state index < -0.39 is 23.6 Å². The van der Waals surface area contributed by atoms with E-state index in [1.54, 1.807) is 11.3 Å². The lowest BCUT2D eigenvalue weighted by atomic mass is 9.85. The Morgan fingerprint density at radius 3 is 2.47 bits per heavy atom. The molecular formula is C32H47ClN4O5S. The van der Waals surface area contributed by atoms with Crippen molar-refractivity contribution in [1.29, 1.82) is 0 Å². The number of likely N-dealkylation sites (tertiary alicyclic amines) is 1. The fraction of sp³-hybridized carbons (Fsp3) is 0.625. The molecule has 1 aromatic heterocycles. The standard InChI is InChI=1S/C32H47ClN4O5S/c1-22-28(43-21-35-22)24-13-11-23(12-14-24)19-34-30(40)26-18-25(38)20-37(26)31(41)29(32(2,3)4)36-27(39)10-8-6-5-7-9-16-42-17-15-33/h11-14,21,25-26,29,38H,5-10,15-20H2,1-4H3,(H,34,40)(H,36,39)/t25?,26?,29-/m1/s1. The molecule has 1 saturated heterocycles. The summed E-state index contributed by atoms with van der Waals surface area (Å²) in [7, 11) is 0. The van der Waals surface area contributed by atoms with E-state index in [0.29, 0.717) is 32.1 Å². The number of aryl methyl sites for hydroxylation is 1. The Bertz CT molecular complexity index is 1180. The van der Waals surface area contributed by atoms with Crippen LogP contribution in [0.5, 0.6) is 0 Å². The van der Waals surface area contributed by atoms with Gasteiger partial charge in [0.2, 0.25) is 17.7 Å². The quantitative estimate of drug-likeness (QED) is 0.180. The molecule has 43 heavy (non-hydrogen) atoms. The molecule has 3 amide bonds. The van der Waals surface area contributed by atoms with Crippen molar-refractivity contribution in [2.24, 2.45) is 5.41 Å². The number of carbonyl (C=O) groups is 3. The molecule has 238 valence electrons. The number of aliphatic hydroxyl groups is 1. The zero-order valence-electron chi connectivity index (χ0n) is 25.9. The van der Waals surface area contributed by atoms with E-state index in [1.807, 2.05) is 57.5 Å². The van der Waals surface area contributed by atoms with Crippen LogP contribution in [-0.4, -0.2) is 76.5 Å². The highest BCUT2D eigenvalue weighted by Crippen LogP contribution is 2.28. The maximum Gasteiger partial charge on any atom is 0.246 e. The van der Waals surface area contributed by atoms with Crippen molar-refractivity contribution >= 4 is 40.7 Å². The molecule has 1 fully saturated rings. The lowest BCUT2D eigenvalue weighted by Gasteiger charge is -2.35. The van der Waals surface area contributed by atoms with Gasteiger partial charge >= 0.3 is 0 Å². The number of hydrogen-bond acceptors (Lipinski definition) is 7. The zero-order valence-corrected chi connectivity index (χ0v) is 27.4. The lowest BCUT2D eigenvalue weighted by Crippen LogP contribution is -2.57. The van der Waals surface area contributed by atoms with Crippen LogP contribution >= 0.6 is 22.9 Å². The summed E-state index contributed by atoms with van der Waals surface area (Å²) >= 11 is 7.19. The number of nitrogens with one attached hydrogen (secondary N) is 2. The third-order valence-electron chi connectivity index (χ3n) is 7.63. The summed E-state index contributed by atoms with van der Waals surface area (Å²) in [5.41, 5.74) is 4.22. The van der Waals surface area contributed by atoms with Gasteiger partial charge in [0.25, 0.3) is 0 Å². The average Bonchev–Trinajstić information content (AvgIpc) is 3.58. The monoisotopic (exact) mass is 634 g/mol. The zero-order chi connectivity index (χ0) is 31.4. The first kappa shape index (κ1) is 35.0. The van der Waals surface area contributed by atoms with Crippen molar-refractivity contribution in [1.82, 2.24) is 20.5 Å². The molecule has 2 heterocycles. The first-order chi connectivity index (χ1) is 20.5. The molecule has 9 nitrogen and oxygen atoms in total. The van der Waals surface area contributed by atoms with Crippen LogP contribution in [0.2, 0.25) is 0 Å². The molecule has 3 rings (SSSR count). The van der Waals surface area contributed by atoms with Crippen molar-refractivity contribution in [3.8, 4) is 10.4 Å². The van der Waals surface area contributed by atoms with Crippen LogP contribution in [-0.2, 0) is 25.7 Å². The summed E-state index contributed by atoms with van der Waals surface area (Å²) in [4.78, 5) is 46.7. The molecule has 0 saturated carbocycles. The number of rotatable bonds is 16. The fourth-order valence-electron chi connectivity index (χ4n) is 5.19. The Kier molecular flexibility index (Phi) is 13.9. The van der Waals surface area contributed by atoms with Crippen LogP contribution in [0.15, 0.2) is 29.8 Å². The van der Waals surface area contributed by atoms with Gasteiger partial charge < -0.3 is 25.4 Å². The number of aliphatic hydroxyl groups excluding tert-OH is 1. The fourth-order valence-corrected chi connectivity index (χ4v) is 6.11. The maximum absolute atomic E-state index is 13.8. The van der Waals surface area contributed by atoms with E-state index >= 15 is 0 Å². The predicted octanol–water partition coefficient (Wildman–Crippen LogP) is 4.82. The highest BCUT2D eigenvalue weighted by atomic mass is 35.5. The summed E-state index contributed by atoms with van der Waals surface area (Å²) in [5.74, 6) is -0.349. The van der Waals surface area contributed by atoms with Crippen molar-refractivity contribution in [2.45, 2.75) is 97.4 Å². The average molecular weight is 635 g/mol. The third-order valence-corrected chi connectivity index (χ3v) is 8.76. The number of nitrogens with zero attached hydrogens (tertiary/aromatic N) is 2. The van der Waals surface area contributed by atoms with Gasteiger partial charge in [-0.15, -0.1) is 22.9 Å². The molecule has 0 aliphatic carbocycles. The molecule has 1 aliphatic heterocycles. The minimum Gasteiger partial charge on any atom is -0.391 e.